The predicted molar refractivity (Wildman–Crippen MR) is 102 cm³/mol. The predicted octanol–water partition coefficient (Wildman–Crippen LogP) is 5.42. The lowest BCUT2D eigenvalue weighted by Crippen LogP contribution is -2.70. The van der Waals surface area contributed by atoms with Gasteiger partial charge in [0.1, 0.15) is 6.61 Å². The Morgan fingerprint density at radius 1 is 0.795 bits per heavy atom. The molecule has 0 spiro atoms. The molecule has 0 aliphatic carbocycles. The minimum Gasteiger partial charge on any atom is -0.480 e. The fraction of sp³-hybridized carbons (Fsp3) is 0.600. The molecule has 224 valence electrons. The van der Waals surface area contributed by atoms with Gasteiger partial charge in [-0.05, 0) is 24.5 Å². The van der Waals surface area contributed by atoms with Gasteiger partial charge in [-0.1, -0.05) is 24.3 Å². The van der Waals surface area contributed by atoms with Crippen LogP contribution in [0.25, 0.3) is 0 Å². The van der Waals surface area contributed by atoms with Crippen molar-refractivity contribution in [3.05, 3.63) is 35.4 Å². The Hall–Kier alpha value is -2.99. The third kappa shape index (κ3) is 6.78. The summed E-state index contributed by atoms with van der Waals surface area (Å²) >= 11 is 0. The zero-order valence-corrected chi connectivity index (χ0v) is 19.1. The van der Waals surface area contributed by atoms with Crippen molar-refractivity contribution in [3.63, 3.8) is 0 Å². The lowest BCUT2D eigenvalue weighted by molar-refractivity contribution is -0.440. The largest absolute Gasteiger partial charge is 0.480 e. The molecular weight excluding hydrogens is 581 g/mol. The molecule has 0 unspecified atom stereocenters. The minimum absolute atomic E-state index is 0.0652. The number of aliphatic hydroxyl groups is 1. The molecule has 0 bridgehead atoms. The lowest BCUT2D eigenvalue weighted by Gasteiger charge is -2.39. The van der Waals surface area contributed by atoms with Gasteiger partial charge in [0.05, 0.1) is 6.10 Å². The third-order valence-electron chi connectivity index (χ3n) is 5.14. The number of carbonyl (C=O) groups is 2. The van der Waals surface area contributed by atoms with Gasteiger partial charge < -0.3 is 20.3 Å². The molecule has 1 rings (SSSR count). The Morgan fingerprint density at radius 2 is 1.23 bits per heavy atom. The SMILES string of the molecule is C[C@@H](O)[C@@H](NC(=O)OCc1ccc(CCC(F)(F)C(F)(F)C(F)(F)C(F)(F)C(F)(F)C(F)(F)F)cc1)C(=O)O. The first-order valence-electron chi connectivity index (χ1n) is 10.2. The zero-order chi connectivity index (χ0) is 30.8. The quantitative estimate of drug-likeness (QED) is 0.279. The molecular formula is C20H18F13NO5. The van der Waals surface area contributed by atoms with E-state index in [1.54, 1.807) is 5.32 Å². The van der Waals surface area contributed by atoms with Gasteiger partial charge in [0.25, 0.3) is 0 Å². The topological polar surface area (TPSA) is 95.9 Å². The van der Waals surface area contributed by atoms with Crippen LogP contribution in [0.5, 0.6) is 0 Å². The van der Waals surface area contributed by atoms with E-state index in [9.17, 15) is 71.8 Å². The first-order valence-corrected chi connectivity index (χ1v) is 10.2. The molecule has 0 fully saturated rings. The van der Waals surface area contributed by atoms with Crippen LogP contribution in [0.3, 0.4) is 0 Å². The second kappa shape index (κ2) is 11.2. The molecule has 1 amide bonds. The maximum atomic E-state index is 13.9. The number of hydrogen-bond donors (Lipinski definition) is 3. The van der Waals surface area contributed by atoms with Crippen molar-refractivity contribution in [2.75, 3.05) is 0 Å². The summed E-state index contributed by atoms with van der Waals surface area (Å²) < 4.78 is 176. The molecule has 3 N–H and O–H groups in total. The van der Waals surface area contributed by atoms with Crippen molar-refractivity contribution >= 4 is 12.1 Å². The second-order valence-corrected chi connectivity index (χ2v) is 8.09. The van der Waals surface area contributed by atoms with Crippen molar-refractivity contribution in [1.82, 2.24) is 5.32 Å². The van der Waals surface area contributed by atoms with Crippen molar-refractivity contribution in [1.29, 1.82) is 0 Å². The van der Waals surface area contributed by atoms with Crippen molar-refractivity contribution in [2.24, 2.45) is 0 Å². The van der Waals surface area contributed by atoms with Crippen LogP contribution in [-0.4, -0.2) is 70.2 Å². The summed E-state index contributed by atoms with van der Waals surface area (Å²) in [6.45, 7) is 0.447. The van der Waals surface area contributed by atoms with Crippen LogP contribution in [0.15, 0.2) is 24.3 Å². The maximum Gasteiger partial charge on any atom is 0.460 e. The number of amides is 1. The number of benzene rings is 1. The number of aliphatic hydroxyl groups excluding tert-OH is 1. The molecule has 6 nitrogen and oxygen atoms in total. The lowest BCUT2D eigenvalue weighted by atomic mass is 9.91. The molecule has 1 aromatic rings. The van der Waals surface area contributed by atoms with Gasteiger partial charge in [0.2, 0.25) is 0 Å². The summed E-state index contributed by atoms with van der Waals surface area (Å²) in [4.78, 5) is 22.5. The molecule has 19 heteroatoms. The van der Waals surface area contributed by atoms with E-state index in [1.807, 2.05) is 0 Å². The first-order chi connectivity index (χ1) is 17.3. The highest BCUT2D eigenvalue weighted by Crippen LogP contribution is 2.60. The molecule has 2 atom stereocenters. The normalized spacial score (nSPS) is 15.5. The number of alkyl carbamates (subject to hydrolysis) is 1. The standard InChI is InChI=1S/C20H18F13NO5/c1-9(35)12(13(36)37)34-14(38)39-8-11-4-2-10(3-5-11)6-7-15(21,22)16(23,24)17(25,26)18(27,28)19(29,30)20(31,32)33/h2-5,9,12,35H,6-8H2,1H3,(H,34,38)(H,36,37)/t9-,12-/m1/s1. The molecule has 0 aliphatic rings. The number of alkyl halides is 13. The Labute approximate surface area is 209 Å². The van der Waals surface area contributed by atoms with E-state index in [-0.39, 0.29) is 11.1 Å². The second-order valence-electron chi connectivity index (χ2n) is 8.09. The van der Waals surface area contributed by atoms with E-state index in [2.05, 4.69) is 4.74 Å². The number of carboxylic acid groups (broad SMARTS) is 1. The number of aryl methyl sites for hydroxylation is 1. The van der Waals surface area contributed by atoms with Gasteiger partial charge in [0.15, 0.2) is 6.04 Å². The van der Waals surface area contributed by atoms with Crippen molar-refractivity contribution < 1.29 is 81.6 Å². The van der Waals surface area contributed by atoms with E-state index >= 15 is 0 Å². The van der Waals surface area contributed by atoms with Crippen LogP contribution in [0.2, 0.25) is 0 Å². The molecule has 0 radical (unpaired) electrons. The van der Waals surface area contributed by atoms with Gasteiger partial charge in [-0.2, -0.15) is 57.1 Å². The average Bonchev–Trinajstić information content (AvgIpc) is 2.78. The average molecular weight is 599 g/mol. The number of aliphatic carboxylic acids is 1. The monoisotopic (exact) mass is 599 g/mol. The Kier molecular flexibility index (Phi) is 9.81. The fourth-order valence-electron chi connectivity index (χ4n) is 2.77. The van der Waals surface area contributed by atoms with E-state index < -0.39 is 79.4 Å². The van der Waals surface area contributed by atoms with Gasteiger partial charge in [-0.25, -0.2) is 9.59 Å². The summed E-state index contributed by atoms with van der Waals surface area (Å²) in [6, 6.07) is 2.03. The highest BCUT2D eigenvalue weighted by atomic mass is 19.4. The smallest absolute Gasteiger partial charge is 0.460 e. The van der Waals surface area contributed by atoms with E-state index in [4.69, 9.17) is 5.11 Å². The molecule has 0 heterocycles. The summed E-state index contributed by atoms with van der Waals surface area (Å²) in [5.74, 6) is -38.8. The van der Waals surface area contributed by atoms with Crippen molar-refractivity contribution in [3.8, 4) is 0 Å². The summed E-state index contributed by atoms with van der Waals surface area (Å²) in [5.41, 5.74) is -0.287. The number of rotatable bonds is 12. The van der Waals surface area contributed by atoms with Gasteiger partial charge >= 0.3 is 47.9 Å². The van der Waals surface area contributed by atoms with Crippen molar-refractivity contribution in [2.45, 2.75) is 74.3 Å². The Morgan fingerprint density at radius 3 is 1.64 bits per heavy atom. The molecule has 1 aromatic carbocycles. The third-order valence-corrected chi connectivity index (χ3v) is 5.14. The highest BCUT2D eigenvalue weighted by Gasteiger charge is 2.90. The number of halogens is 13. The van der Waals surface area contributed by atoms with E-state index in [0.717, 1.165) is 31.2 Å². The minimum atomic E-state index is -7.96. The fourth-order valence-corrected chi connectivity index (χ4v) is 2.77. The number of nitrogens with one attached hydrogen (secondary N) is 1. The maximum absolute atomic E-state index is 13.9. The zero-order valence-electron chi connectivity index (χ0n) is 19.1. The molecule has 39 heavy (non-hydrogen) atoms. The summed E-state index contributed by atoms with van der Waals surface area (Å²) in [5, 5.41) is 19.9. The number of carbonyl (C=O) groups excluding carboxylic acids is 1. The highest BCUT2D eigenvalue weighted by molar-refractivity contribution is 5.80. The molecule has 0 aromatic heterocycles. The van der Waals surface area contributed by atoms with Gasteiger partial charge in [-0.15, -0.1) is 0 Å². The van der Waals surface area contributed by atoms with Crippen LogP contribution in [0.1, 0.15) is 24.5 Å². The van der Waals surface area contributed by atoms with Gasteiger partial charge in [0, 0.05) is 6.42 Å². The van der Waals surface area contributed by atoms with Crippen LogP contribution in [0, 0.1) is 0 Å². The van der Waals surface area contributed by atoms with Crippen LogP contribution in [0.4, 0.5) is 61.9 Å². The molecule has 0 saturated carbocycles. The number of carboxylic acids is 1. The first kappa shape index (κ1) is 34.0. The van der Waals surface area contributed by atoms with E-state index in [1.165, 1.54) is 0 Å². The van der Waals surface area contributed by atoms with Gasteiger partial charge in [-0.3, -0.25) is 0 Å². The Bertz CT molecular complexity index is 1010. The number of hydrogen-bond acceptors (Lipinski definition) is 4. The summed E-state index contributed by atoms with van der Waals surface area (Å²) in [6.07, 6.45) is -14.0. The van der Waals surface area contributed by atoms with E-state index in [0.29, 0.717) is 0 Å². The van der Waals surface area contributed by atoms with Crippen LogP contribution >= 0.6 is 0 Å². The molecule has 0 aliphatic heterocycles. The summed E-state index contributed by atoms with van der Waals surface area (Å²) in [7, 11) is 0. The van der Waals surface area contributed by atoms with Crippen LogP contribution < -0.4 is 5.32 Å². The number of ether oxygens (including phenoxy) is 1. The molecule has 0 saturated heterocycles. The van der Waals surface area contributed by atoms with Crippen LogP contribution in [-0.2, 0) is 22.6 Å². The Balaban J connectivity index is 2.93.